The smallest absolute Gasteiger partial charge is 0.142 e. The summed E-state index contributed by atoms with van der Waals surface area (Å²) in [6, 6.07) is 5.96. The first-order valence-corrected chi connectivity index (χ1v) is 8.30. The standard InChI is InChI=1S/C16H19N3S/c1-2-8-18-14(3-1)15-19-13(10-20-15)9-17-11-16(6-7-16)12-4-5-12/h1-3,8,10,12,17H,4-7,9,11H2. The molecule has 2 aliphatic rings. The van der Waals surface area contributed by atoms with Gasteiger partial charge in [-0.2, -0.15) is 0 Å². The number of hydrogen-bond donors (Lipinski definition) is 1. The third-order valence-corrected chi connectivity index (χ3v) is 5.47. The molecule has 0 spiro atoms. The number of hydrogen-bond acceptors (Lipinski definition) is 4. The van der Waals surface area contributed by atoms with Crippen LogP contribution in [0.5, 0.6) is 0 Å². The average Bonchev–Trinajstić information content (AvgIpc) is 3.39. The van der Waals surface area contributed by atoms with Crippen molar-refractivity contribution in [2.75, 3.05) is 6.54 Å². The van der Waals surface area contributed by atoms with Crippen LogP contribution in [-0.4, -0.2) is 16.5 Å². The fraction of sp³-hybridized carbons (Fsp3) is 0.500. The van der Waals surface area contributed by atoms with Crippen LogP contribution in [0.4, 0.5) is 0 Å². The van der Waals surface area contributed by atoms with Gasteiger partial charge in [0.25, 0.3) is 0 Å². The molecule has 104 valence electrons. The Morgan fingerprint density at radius 1 is 1.30 bits per heavy atom. The molecule has 2 aromatic heterocycles. The Kier molecular flexibility index (Phi) is 3.08. The summed E-state index contributed by atoms with van der Waals surface area (Å²) < 4.78 is 0. The molecule has 0 aliphatic heterocycles. The number of rotatable bonds is 6. The lowest BCUT2D eigenvalue weighted by Crippen LogP contribution is -2.25. The Morgan fingerprint density at radius 3 is 2.90 bits per heavy atom. The van der Waals surface area contributed by atoms with E-state index in [-0.39, 0.29) is 0 Å². The summed E-state index contributed by atoms with van der Waals surface area (Å²) in [5, 5.41) is 6.78. The Bertz CT molecular complexity index is 585. The van der Waals surface area contributed by atoms with Crippen molar-refractivity contribution >= 4 is 11.3 Å². The molecule has 0 aromatic carbocycles. The highest BCUT2D eigenvalue weighted by Gasteiger charge is 2.53. The number of pyridine rings is 1. The quantitative estimate of drug-likeness (QED) is 0.883. The maximum Gasteiger partial charge on any atom is 0.142 e. The van der Waals surface area contributed by atoms with Crippen molar-refractivity contribution in [3.63, 3.8) is 0 Å². The summed E-state index contributed by atoms with van der Waals surface area (Å²) in [5.41, 5.74) is 2.78. The molecule has 4 heteroatoms. The van der Waals surface area contributed by atoms with Gasteiger partial charge in [0.15, 0.2) is 0 Å². The minimum atomic E-state index is 0.667. The van der Waals surface area contributed by atoms with Crippen molar-refractivity contribution in [2.45, 2.75) is 32.2 Å². The van der Waals surface area contributed by atoms with Gasteiger partial charge in [0, 0.05) is 24.7 Å². The number of nitrogens with one attached hydrogen (secondary N) is 1. The summed E-state index contributed by atoms with van der Waals surface area (Å²) in [6.07, 6.45) is 7.60. The highest BCUT2D eigenvalue weighted by molar-refractivity contribution is 7.13. The first-order chi connectivity index (χ1) is 9.86. The van der Waals surface area contributed by atoms with Crippen LogP contribution in [0, 0.1) is 11.3 Å². The molecule has 2 fully saturated rings. The highest BCUT2D eigenvalue weighted by Crippen LogP contribution is 2.60. The van der Waals surface area contributed by atoms with Crippen LogP contribution in [0.1, 0.15) is 31.4 Å². The van der Waals surface area contributed by atoms with E-state index < -0.39 is 0 Å². The van der Waals surface area contributed by atoms with Crippen molar-refractivity contribution in [1.82, 2.24) is 15.3 Å². The van der Waals surface area contributed by atoms with E-state index in [0.29, 0.717) is 5.41 Å². The predicted octanol–water partition coefficient (Wildman–Crippen LogP) is 3.48. The third kappa shape index (κ3) is 2.50. The summed E-state index contributed by atoms with van der Waals surface area (Å²) in [7, 11) is 0. The monoisotopic (exact) mass is 285 g/mol. The molecule has 0 atom stereocenters. The van der Waals surface area contributed by atoms with Gasteiger partial charge >= 0.3 is 0 Å². The molecule has 3 nitrogen and oxygen atoms in total. The van der Waals surface area contributed by atoms with Gasteiger partial charge in [-0.25, -0.2) is 4.98 Å². The van der Waals surface area contributed by atoms with Gasteiger partial charge in [0.1, 0.15) is 5.01 Å². The minimum absolute atomic E-state index is 0.667. The van der Waals surface area contributed by atoms with E-state index in [0.717, 1.165) is 28.9 Å². The topological polar surface area (TPSA) is 37.8 Å². The van der Waals surface area contributed by atoms with E-state index in [1.165, 1.54) is 32.2 Å². The van der Waals surface area contributed by atoms with E-state index in [1.54, 1.807) is 11.3 Å². The molecular weight excluding hydrogens is 266 g/mol. The molecule has 0 bridgehead atoms. The highest BCUT2D eigenvalue weighted by atomic mass is 32.1. The zero-order valence-electron chi connectivity index (χ0n) is 11.5. The van der Waals surface area contributed by atoms with Gasteiger partial charge in [-0.05, 0) is 49.1 Å². The van der Waals surface area contributed by atoms with Crippen LogP contribution >= 0.6 is 11.3 Å². The maximum absolute atomic E-state index is 4.67. The second-order valence-electron chi connectivity index (χ2n) is 6.10. The van der Waals surface area contributed by atoms with Crippen molar-refractivity contribution in [2.24, 2.45) is 11.3 Å². The van der Waals surface area contributed by atoms with Gasteiger partial charge in [-0.1, -0.05) is 6.07 Å². The van der Waals surface area contributed by atoms with Crippen LogP contribution < -0.4 is 5.32 Å². The van der Waals surface area contributed by atoms with Crippen molar-refractivity contribution in [3.8, 4) is 10.7 Å². The Morgan fingerprint density at radius 2 is 2.20 bits per heavy atom. The normalized spacial score (nSPS) is 20.0. The largest absolute Gasteiger partial charge is 0.311 e. The van der Waals surface area contributed by atoms with E-state index in [1.807, 2.05) is 24.4 Å². The average molecular weight is 285 g/mol. The van der Waals surface area contributed by atoms with E-state index in [9.17, 15) is 0 Å². The maximum atomic E-state index is 4.67. The molecule has 0 radical (unpaired) electrons. The number of thiazole rings is 1. The second kappa shape index (κ2) is 4.93. The lowest BCUT2D eigenvalue weighted by Gasteiger charge is -2.14. The second-order valence-corrected chi connectivity index (χ2v) is 6.96. The molecule has 1 N–H and O–H groups in total. The zero-order valence-corrected chi connectivity index (χ0v) is 12.3. The molecule has 0 amide bonds. The SMILES string of the molecule is c1ccc(-c2nc(CNCC3(C4CC4)CC3)cs2)nc1. The molecular formula is C16H19N3S. The molecule has 4 rings (SSSR count). The van der Waals surface area contributed by atoms with Gasteiger partial charge in [-0.15, -0.1) is 11.3 Å². The fourth-order valence-corrected chi connectivity index (χ4v) is 3.82. The van der Waals surface area contributed by atoms with Crippen LogP contribution in [0.25, 0.3) is 10.7 Å². The lowest BCUT2D eigenvalue weighted by atomic mass is 10.0. The Balaban J connectivity index is 1.34. The van der Waals surface area contributed by atoms with Crippen LogP contribution in [-0.2, 0) is 6.54 Å². The first-order valence-electron chi connectivity index (χ1n) is 7.42. The molecule has 0 unspecified atom stereocenters. The molecule has 20 heavy (non-hydrogen) atoms. The molecule has 0 saturated heterocycles. The molecule has 2 saturated carbocycles. The summed E-state index contributed by atoms with van der Waals surface area (Å²) in [6.45, 7) is 2.06. The first kappa shape index (κ1) is 12.5. The van der Waals surface area contributed by atoms with Crippen molar-refractivity contribution in [3.05, 3.63) is 35.5 Å². The van der Waals surface area contributed by atoms with E-state index in [2.05, 4.69) is 20.7 Å². The predicted molar refractivity (Wildman–Crippen MR) is 81.4 cm³/mol. The third-order valence-electron chi connectivity index (χ3n) is 4.55. The zero-order chi connectivity index (χ0) is 13.4. The van der Waals surface area contributed by atoms with E-state index >= 15 is 0 Å². The summed E-state index contributed by atoms with van der Waals surface area (Å²) in [4.78, 5) is 9.03. The molecule has 2 heterocycles. The van der Waals surface area contributed by atoms with E-state index in [4.69, 9.17) is 0 Å². The van der Waals surface area contributed by atoms with Crippen LogP contribution in [0.15, 0.2) is 29.8 Å². The molecule has 2 aliphatic carbocycles. The lowest BCUT2D eigenvalue weighted by molar-refractivity contribution is 0.402. The fourth-order valence-electron chi connectivity index (χ4n) is 3.02. The molecule has 2 aromatic rings. The number of aromatic nitrogens is 2. The van der Waals surface area contributed by atoms with Crippen LogP contribution in [0.3, 0.4) is 0 Å². The van der Waals surface area contributed by atoms with Gasteiger partial charge in [0.05, 0.1) is 11.4 Å². The Labute approximate surface area is 123 Å². The van der Waals surface area contributed by atoms with Gasteiger partial charge in [-0.3, -0.25) is 4.98 Å². The Hall–Kier alpha value is -1.26. The summed E-state index contributed by atoms with van der Waals surface area (Å²) in [5.74, 6) is 1.02. The summed E-state index contributed by atoms with van der Waals surface area (Å²) >= 11 is 1.68. The van der Waals surface area contributed by atoms with Crippen molar-refractivity contribution < 1.29 is 0 Å². The van der Waals surface area contributed by atoms with Crippen molar-refractivity contribution in [1.29, 1.82) is 0 Å². The minimum Gasteiger partial charge on any atom is -0.311 e. The van der Waals surface area contributed by atoms with Crippen LogP contribution in [0.2, 0.25) is 0 Å². The van der Waals surface area contributed by atoms with Gasteiger partial charge in [0.2, 0.25) is 0 Å². The van der Waals surface area contributed by atoms with Gasteiger partial charge < -0.3 is 5.32 Å². The number of nitrogens with zero attached hydrogens (tertiary/aromatic N) is 2.